The summed E-state index contributed by atoms with van der Waals surface area (Å²) in [6, 6.07) is 5.74. The summed E-state index contributed by atoms with van der Waals surface area (Å²) in [4.78, 5) is 0.351. The fraction of sp³-hybridized carbons (Fsp3) is 0.562. The summed E-state index contributed by atoms with van der Waals surface area (Å²) in [5.41, 5.74) is 7.47. The predicted molar refractivity (Wildman–Crippen MR) is 91.6 cm³/mol. The first-order valence-corrected chi connectivity index (χ1v) is 8.18. The van der Waals surface area contributed by atoms with Gasteiger partial charge in [-0.05, 0) is 36.8 Å². The van der Waals surface area contributed by atoms with Crippen LogP contribution in [0.15, 0.2) is 18.2 Å². The third kappa shape index (κ3) is 4.10. The van der Waals surface area contributed by atoms with Crippen molar-refractivity contribution in [3.63, 3.8) is 0 Å². The SMILES string of the molecule is CC1CCCC(CCNc2cccc(Cl)c2C(N)=S)C1. The van der Waals surface area contributed by atoms with Crippen LogP contribution in [0, 0.1) is 11.8 Å². The molecule has 1 saturated carbocycles. The number of hydrogen-bond donors (Lipinski definition) is 2. The molecule has 1 aliphatic rings. The van der Waals surface area contributed by atoms with E-state index in [1.807, 2.05) is 18.2 Å². The first-order chi connectivity index (χ1) is 9.58. The van der Waals surface area contributed by atoms with Gasteiger partial charge in [0, 0.05) is 12.2 Å². The Labute approximate surface area is 132 Å². The van der Waals surface area contributed by atoms with Crippen LogP contribution in [0.1, 0.15) is 44.6 Å². The normalized spacial score (nSPS) is 22.5. The molecule has 4 heteroatoms. The molecule has 1 aliphatic carbocycles. The number of nitrogens with one attached hydrogen (secondary N) is 1. The highest BCUT2D eigenvalue weighted by molar-refractivity contribution is 7.80. The molecular formula is C16H23ClN2S. The second kappa shape index (κ2) is 7.28. The largest absolute Gasteiger partial charge is 0.389 e. The zero-order valence-electron chi connectivity index (χ0n) is 12.0. The van der Waals surface area contributed by atoms with Crippen molar-refractivity contribution in [1.29, 1.82) is 0 Å². The van der Waals surface area contributed by atoms with Crippen LogP contribution in [0.5, 0.6) is 0 Å². The topological polar surface area (TPSA) is 38.0 Å². The Balaban J connectivity index is 1.91. The van der Waals surface area contributed by atoms with Gasteiger partial charge in [-0.15, -0.1) is 0 Å². The Morgan fingerprint density at radius 3 is 2.95 bits per heavy atom. The van der Waals surface area contributed by atoms with Gasteiger partial charge < -0.3 is 11.1 Å². The van der Waals surface area contributed by atoms with E-state index < -0.39 is 0 Å². The molecule has 0 bridgehead atoms. The number of rotatable bonds is 5. The molecular weight excluding hydrogens is 288 g/mol. The second-order valence-electron chi connectivity index (χ2n) is 5.88. The van der Waals surface area contributed by atoms with Crippen molar-refractivity contribution in [2.24, 2.45) is 17.6 Å². The van der Waals surface area contributed by atoms with Gasteiger partial charge >= 0.3 is 0 Å². The minimum atomic E-state index is 0.351. The smallest absolute Gasteiger partial charge is 0.107 e. The average molecular weight is 311 g/mol. The van der Waals surface area contributed by atoms with Crippen LogP contribution in [0.25, 0.3) is 0 Å². The highest BCUT2D eigenvalue weighted by Crippen LogP contribution is 2.31. The summed E-state index contributed by atoms with van der Waals surface area (Å²) >= 11 is 11.2. The van der Waals surface area contributed by atoms with E-state index in [1.165, 1.54) is 32.1 Å². The lowest BCUT2D eigenvalue weighted by molar-refractivity contribution is 0.274. The van der Waals surface area contributed by atoms with E-state index in [-0.39, 0.29) is 0 Å². The Bertz CT molecular complexity index is 476. The Morgan fingerprint density at radius 2 is 2.25 bits per heavy atom. The molecule has 2 atom stereocenters. The number of benzene rings is 1. The molecule has 0 amide bonds. The molecule has 2 rings (SSSR count). The molecule has 2 nitrogen and oxygen atoms in total. The zero-order chi connectivity index (χ0) is 14.5. The van der Waals surface area contributed by atoms with Gasteiger partial charge in [0.25, 0.3) is 0 Å². The van der Waals surface area contributed by atoms with Crippen LogP contribution in [-0.4, -0.2) is 11.5 Å². The highest BCUT2D eigenvalue weighted by atomic mass is 35.5. The Morgan fingerprint density at radius 1 is 1.45 bits per heavy atom. The Kier molecular flexibility index (Phi) is 5.67. The van der Waals surface area contributed by atoms with E-state index in [2.05, 4.69) is 12.2 Å². The molecule has 0 spiro atoms. The van der Waals surface area contributed by atoms with E-state index in [0.717, 1.165) is 29.6 Å². The van der Waals surface area contributed by atoms with Gasteiger partial charge in [-0.1, -0.05) is 56.1 Å². The van der Waals surface area contributed by atoms with E-state index in [1.54, 1.807) is 0 Å². The maximum Gasteiger partial charge on any atom is 0.107 e. The standard InChI is InChI=1S/C16H23ClN2S/c1-11-4-2-5-12(10-11)8-9-19-14-7-3-6-13(17)15(14)16(18)20/h3,6-7,11-12,19H,2,4-5,8-10H2,1H3,(H2,18,20). The Hall–Kier alpha value is -0.800. The van der Waals surface area contributed by atoms with Gasteiger partial charge in [-0.3, -0.25) is 0 Å². The van der Waals surface area contributed by atoms with Gasteiger partial charge in [0.05, 0.1) is 10.6 Å². The second-order valence-corrected chi connectivity index (χ2v) is 6.73. The van der Waals surface area contributed by atoms with E-state index in [0.29, 0.717) is 10.0 Å². The van der Waals surface area contributed by atoms with Gasteiger partial charge in [-0.2, -0.15) is 0 Å². The third-order valence-corrected chi connectivity index (χ3v) is 4.69. The summed E-state index contributed by atoms with van der Waals surface area (Å²) in [6.07, 6.45) is 6.70. The van der Waals surface area contributed by atoms with E-state index in [9.17, 15) is 0 Å². The molecule has 1 fully saturated rings. The monoisotopic (exact) mass is 310 g/mol. The lowest BCUT2D eigenvalue weighted by atomic mass is 9.81. The molecule has 0 heterocycles. The molecule has 2 unspecified atom stereocenters. The lowest BCUT2D eigenvalue weighted by Crippen LogP contribution is -2.18. The van der Waals surface area contributed by atoms with Crippen molar-refractivity contribution in [2.45, 2.75) is 39.0 Å². The van der Waals surface area contributed by atoms with Crippen LogP contribution in [0.2, 0.25) is 5.02 Å². The number of halogens is 1. The minimum Gasteiger partial charge on any atom is -0.389 e. The van der Waals surface area contributed by atoms with Crippen molar-refractivity contribution < 1.29 is 0 Å². The number of anilines is 1. The maximum atomic E-state index is 6.16. The van der Waals surface area contributed by atoms with Gasteiger partial charge in [0.15, 0.2) is 0 Å². The zero-order valence-corrected chi connectivity index (χ0v) is 13.6. The van der Waals surface area contributed by atoms with E-state index >= 15 is 0 Å². The van der Waals surface area contributed by atoms with Crippen LogP contribution >= 0.6 is 23.8 Å². The van der Waals surface area contributed by atoms with Crippen LogP contribution in [-0.2, 0) is 0 Å². The van der Waals surface area contributed by atoms with Gasteiger partial charge in [0.2, 0.25) is 0 Å². The van der Waals surface area contributed by atoms with Crippen molar-refractivity contribution >= 4 is 34.5 Å². The number of nitrogens with two attached hydrogens (primary N) is 1. The molecule has 0 saturated heterocycles. The quantitative estimate of drug-likeness (QED) is 0.780. The van der Waals surface area contributed by atoms with E-state index in [4.69, 9.17) is 29.6 Å². The first kappa shape index (κ1) is 15.6. The number of hydrogen-bond acceptors (Lipinski definition) is 2. The van der Waals surface area contributed by atoms with Crippen LogP contribution < -0.4 is 11.1 Å². The van der Waals surface area contributed by atoms with Crippen LogP contribution in [0.3, 0.4) is 0 Å². The molecule has 1 aromatic rings. The molecule has 3 N–H and O–H groups in total. The fourth-order valence-corrected chi connectivity index (χ4v) is 3.71. The molecule has 0 aliphatic heterocycles. The highest BCUT2D eigenvalue weighted by Gasteiger charge is 2.18. The summed E-state index contributed by atoms with van der Waals surface area (Å²) in [5.74, 6) is 1.73. The van der Waals surface area contributed by atoms with Crippen molar-refractivity contribution in [3.8, 4) is 0 Å². The summed E-state index contributed by atoms with van der Waals surface area (Å²) in [7, 11) is 0. The molecule has 0 aromatic heterocycles. The first-order valence-electron chi connectivity index (χ1n) is 7.40. The van der Waals surface area contributed by atoms with Crippen molar-refractivity contribution in [2.75, 3.05) is 11.9 Å². The third-order valence-electron chi connectivity index (χ3n) is 4.17. The summed E-state index contributed by atoms with van der Waals surface area (Å²) in [6.45, 7) is 3.31. The molecule has 0 radical (unpaired) electrons. The minimum absolute atomic E-state index is 0.351. The fourth-order valence-electron chi connectivity index (χ4n) is 3.15. The summed E-state index contributed by atoms with van der Waals surface area (Å²) < 4.78 is 0. The van der Waals surface area contributed by atoms with Gasteiger partial charge in [-0.25, -0.2) is 0 Å². The predicted octanol–water partition coefficient (Wildman–Crippen LogP) is 4.60. The summed E-state index contributed by atoms with van der Waals surface area (Å²) in [5, 5.41) is 4.06. The molecule has 110 valence electrons. The van der Waals surface area contributed by atoms with Gasteiger partial charge in [0.1, 0.15) is 4.99 Å². The van der Waals surface area contributed by atoms with Crippen molar-refractivity contribution in [1.82, 2.24) is 0 Å². The van der Waals surface area contributed by atoms with Crippen LogP contribution in [0.4, 0.5) is 5.69 Å². The number of thiocarbonyl (C=S) groups is 1. The lowest BCUT2D eigenvalue weighted by Gasteiger charge is -2.27. The molecule has 1 aromatic carbocycles. The van der Waals surface area contributed by atoms with Crippen molar-refractivity contribution in [3.05, 3.63) is 28.8 Å². The maximum absolute atomic E-state index is 6.16. The average Bonchev–Trinajstić information content (AvgIpc) is 2.38. The molecule has 20 heavy (non-hydrogen) atoms.